The quantitative estimate of drug-likeness (QED) is 0.849. The summed E-state index contributed by atoms with van der Waals surface area (Å²) in [5.74, 6) is -0.476. The van der Waals surface area contributed by atoms with Gasteiger partial charge in [0.2, 0.25) is 0 Å². The van der Waals surface area contributed by atoms with Gasteiger partial charge in [0.1, 0.15) is 11.4 Å². The molecule has 0 bridgehead atoms. The minimum atomic E-state index is -2.94. The van der Waals surface area contributed by atoms with Gasteiger partial charge in [0.25, 0.3) is 5.91 Å². The molecule has 0 fully saturated rings. The van der Waals surface area contributed by atoms with E-state index in [1.807, 2.05) is 6.92 Å². The van der Waals surface area contributed by atoms with Gasteiger partial charge in [0.05, 0.1) is 6.10 Å². The van der Waals surface area contributed by atoms with Crippen molar-refractivity contribution in [2.24, 2.45) is 7.05 Å². The number of hydrogen-bond acceptors (Lipinski definition) is 4. The molecule has 1 amide bonds. The van der Waals surface area contributed by atoms with Gasteiger partial charge in [-0.1, -0.05) is 12.1 Å². The molecule has 2 N–H and O–H groups in total. The van der Waals surface area contributed by atoms with Crippen molar-refractivity contribution in [2.75, 3.05) is 6.54 Å². The third kappa shape index (κ3) is 4.49. The second kappa shape index (κ2) is 7.19. The van der Waals surface area contributed by atoms with Gasteiger partial charge in [0, 0.05) is 19.3 Å². The molecule has 0 aliphatic heterocycles. The number of amides is 1. The molecule has 2 aromatic rings. The minimum Gasteiger partial charge on any atom is -0.435 e. The highest BCUT2D eigenvalue weighted by molar-refractivity contribution is 5.92. The summed E-state index contributed by atoms with van der Waals surface area (Å²) in [6.07, 6.45) is -1.05. The lowest BCUT2D eigenvalue weighted by Gasteiger charge is -2.13. The van der Waals surface area contributed by atoms with Crippen LogP contribution in [0.5, 0.6) is 5.75 Å². The van der Waals surface area contributed by atoms with Crippen LogP contribution in [0.15, 0.2) is 30.3 Å². The summed E-state index contributed by atoms with van der Waals surface area (Å²) in [5, 5.41) is 16.6. The number of carbonyl (C=O) groups is 1. The van der Waals surface area contributed by atoms with E-state index in [0.717, 1.165) is 5.69 Å². The number of nitrogens with one attached hydrogen (secondary N) is 1. The van der Waals surface area contributed by atoms with E-state index in [1.165, 1.54) is 18.2 Å². The summed E-state index contributed by atoms with van der Waals surface area (Å²) >= 11 is 0. The van der Waals surface area contributed by atoms with Crippen LogP contribution in [0.4, 0.5) is 8.78 Å². The SMILES string of the molecule is Cc1cc(C(=O)NCC(O)c2cccc(OC(F)F)c2)nn1C. The highest BCUT2D eigenvalue weighted by Crippen LogP contribution is 2.20. The Morgan fingerprint density at radius 3 is 2.78 bits per heavy atom. The molecule has 1 unspecified atom stereocenters. The molecule has 0 radical (unpaired) electrons. The van der Waals surface area contributed by atoms with Gasteiger partial charge >= 0.3 is 6.61 Å². The number of aryl methyl sites for hydroxylation is 2. The first-order valence-electron chi connectivity index (χ1n) is 6.88. The highest BCUT2D eigenvalue weighted by Gasteiger charge is 2.15. The van der Waals surface area contributed by atoms with Crippen molar-refractivity contribution in [3.05, 3.63) is 47.3 Å². The van der Waals surface area contributed by atoms with E-state index in [4.69, 9.17) is 0 Å². The van der Waals surface area contributed by atoms with Crippen LogP contribution in [0, 0.1) is 6.92 Å². The number of carbonyl (C=O) groups excluding carboxylic acids is 1. The van der Waals surface area contributed by atoms with Crippen molar-refractivity contribution in [3.63, 3.8) is 0 Å². The molecule has 1 aromatic carbocycles. The smallest absolute Gasteiger partial charge is 0.387 e. The van der Waals surface area contributed by atoms with Crippen molar-refractivity contribution in [1.29, 1.82) is 0 Å². The summed E-state index contributed by atoms with van der Waals surface area (Å²) < 4.78 is 30.2. The third-order valence-electron chi connectivity index (χ3n) is 3.27. The van der Waals surface area contributed by atoms with Crippen molar-refractivity contribution in [2.45, 2.75) is 19.6 Å². The van der Waals surface area contributed by atoms with E-state index in [0.29, 0.717) is 5.56 Å². The number of benzene rings is 1. The maximum absolute atomic E-state index is 12.2. The Hall–Kier alpha value is -2.48. The number of nitrogens with zero attached hydrogens (tertiary/aromatic N) is 2. The van der Waals surface area contributed by atoms with Crippen LogP contribution in [0.3, 0.4) is 0 Å². The van der Waals surface area contributed by atoms with E-state index in [9.17, 15) is 18.7 Å². The molecule has 1 atom stereocenters. The van der Waals surface area contributed by atoms with Crippen LogP contribution in [0.25, 0.3) is 0 Å². The van der Waals surface area contributed by atoms with E-state index in [-0.39, 0.29) is 18.0 Å². The molecule has 124 valence electrons. The number of alkyl halides is 2. The van der Waals surface area contributed by atoms with E-state index < -0.39 is 18.6 Å². The first kappa shape index (κ1) is 16.9. The number of rotatable bonds is 6. The lowest BCUT2D eigenvalue weighted by atomic mass is 10.1. The van der Waals surface area contributed by atoms with Crippen LogP contribution >= 0.6 is 0 Å². The Bertz CT molecular complexity index is 669. The van der Waals surface area contributed by atoms with Crippen LogP contribution in [0.1, 0.15) is 27.8 Å². The number of aliphatic hydroxyl groups is 1. The van der Waals surface area contributed by atoms with Gasteiger partial charge < -0.3 is 15.2 Å². The van der Waals surface area contributed by atoms with Gasteiger partial charge in [-0.15, -0.1) is 0 Å². The molecule has 2 rings (SSSR count). The summed E-state index contributed by atoms with van der Waals surface area (Å²) in [5.41, 5.74) is 1.43. The lowest BCUT2D eigenvalue weighted by Crippen LogP contribution is -2.28. The zero-order valence-electron chi connectivity index (χ0n) is 12.7. The summed E-state index contributed by atoms with van der Waals surface area (Å²) in [7, 11) is 1.72. The number of aromatic nitrogens is 2. The fourth-order valence-electron chi connectivity index (χ4n) is 1.97. The number of aliphatic hydroxyl groups excluding tert-OH is 1. The second-order valence-electron chi connectivity index (χ2n) is 4.97. The zero-order valence-corrected chi connectivity index (χ0v) is 12.7. The number of halogens is 2. The summed E-state index contributed by atoms with van der Waals surface area (Å²) in [6, 6.07) is 7.32. The molecule has 0 saturated carbocycles. The molecule has 0 aliphatic carbocycles. The van der Waals surface area contributed by atoms with Gasteiger partial charge in [-0.3, -0.25) is 9.48 Å². The van der Waals surface area contributed by atoms with E-state index in [1.54, 1.807) is 23.9 Å². The molecule has 6 nitrogen and oxygen atoms in total. The van der Waals surface area contributed by atoms with Crippen LogP contribution in [-0.2, 0) is 7.05 Å². The maximum Gasteiger partial charge on any atom is 0.387 e. The number of ether oxygens (including phenoxy) is 1. The standard InChI is InChI=1S/C15H17F2N3O3/c1-9-6-12(19-20(9)2)14(22)18-8-13(21)10-4-3-5-11(7-10)23-15(16)17/h3-7,13,15,21H,8H2,1-2H3,(H,18,22). The predicted molar refractivity (Wildman–Crippen MR) is 78.3 cm³/mol. The van der Waals surface area contributed by atoms with Gasteiger partial charge in [-0.25, -0.2) is 0 Å². The number of hydrogen-bond donors (Lipinski definition) is 2. The zero-order chi connectivity index (χ0) is 17.0. The average Bonchev–Trinajstić information content (AvgIpc) is 2.83. The molecular weight excluding hydrogens is 308 g/mol. The van der Waals surface area contributed by atoms with Crippen molar-refractivity contribution in [3.8, 4) is 5.75 Å². The highest BCUT2D eigenvalue weighted by atomic mass is 19.3. The van der Waals surface area contributed by atoms with Crippen LogP contribution in [-0.4, -0.2) is 34.0 Å². The molecule has 0 saturated heterocycles. The maximum atomic E-state index is 12.2. The fraction of sp³-hybridized carbons (Fsp3) is 0.333. The normalized spacial score (nSPS) is 12.3. The van der Waals surface area contributed by atoms with Gasteiger partial charge in [-0.2, -0.15) is 13.9 Å². The molecule has 1 heterocycles. The first-order valence-corrected chi connectivity index (χ1v) is 6.88. The largest absolute Gasteiger partial charge is 0.435 e. The summed E-state index contributed by atoms with van der Waals surface area (Å²) in [6.45, 7) is -1.20. The van der Waals surface area contributed by atoms with Gasteiger partial charge in [-0.05, 0) is 30.7 Å². The lowest BCUT2D eigenvalue weighted by molar-refractivity contribution is -0.0499. The molecule has 8 heteroatoms. The Balaban J connectivity index is 1.96. The van der Waals surface area contributed by atoms with Crippen LogP contribution < -0.4 is 10.1 Å². The van der Waals surface area contributed by atoms with Crippen molar-refractivity contribution in [1.82, 2.24) is 15.1 Å². The first-order chi connectivity index (χ1) is 10.9. The van der Waals surface area contributed by atoms with Gasteiger partial charge in [0.15, 0.2) is 0 Å². The third-order valence-corrected chi connectivity index (χ3v) is 3.27. The Kier molecular flexibility index (Phi) is 5.28. The Labute approximate surface area is 131 Å². The van der Waals surface area contributed by atoms with Crippen LogP contribution in [0.2, 0.25) is 0 Å². The van der Waals surface area contributed by atoms with Crippen molar-refractivity contribution >= 4 is 5.91 Å². The fourth-order valence-corrected chi connectivity index (χ4v) is 1.97. The van der Waals surface area contributed by atoms with E-state index in [2.05, 4.69) is 15.2 Å². The Morgan fingerprint density at radius 2 is 2.17 bits per heavy atom. The molecule has 0 spiro atoms. The Morgan fingerprint density at radius 1 is 1.43 bits per heavy atom. The minimum absolute atomic E-state index is 0.0526. The molecular formula is C15H17F2N3O3. The van der Waals surface area contributed by atoms with E-state index >= 15 is 0 Å². The topological polar surface area (TPSA) is 76.4 Å². The second-order valence-corrected chi connectivity index (χ2v) is 4.97. The predicted octanol–water partition coefficient (Wildman–Crippen LogP) is 1.79. The molecule has 23 heavy (non-hydrogen) atoms. The molecule has 1 aromatic heterocycles. The van der Waals surface area contributed by atoms with Crippen molar-refractivity contribution < 1.29 is 23.4 Å². The molecule has 0 aliphatic rings. The average molecular weight is 325 g/mol. The summed E-state index contributed by atoms with van der Waals surface area (Å²) in [4.78, 5) is 11.9. The monoisotopic (exact) mass is 325 g/mol.